The van der Waals surface area contributed by atoms with Gasteiger partial charge in [0.1, 0.15) is 11.7 Å². The smallest absolute Gasteiger partial charge is 0.341 e. The number of aliphatic carboxylic acids is 1. The minimum Gasteiger partial charge on any atom is -0.482 e. The van der Waals surface area contributed by atoms with Crippen LogP contribution in [0, 0.1) is 0 Å². The van der Waals surface area contributed by atoms with E-state index in [4.69, 9.17) is 9.84 Å². The molecule has 110 valence electrons. The van der Waals surface area contributed by atoms with Crippen LogP contribution in [0.1, 0.15) is 32.2 Å². The van der Waals surface area contributed by atoms with Gasteiger partial charge in [0.25, 0.3) is 0 Å². The van der Waals surface area contributed by atoms with Crippen LogP contribution in [0.2, 0.25) is 0 Å². The zero-order valence-corrected chi connectivity index (χ0v) is 11.5. The number of benzene rings is 2. The van der Waals surface area contributed by atoms with Gasteiger partial charge in [-0.25, -0.2) is 4.79 Å². The molecule has 0 spiro atoms. The Morgan fingerprint density at radius 1 is 0.955 bits per heavy atom. The van der Waals surface area contributed by atoms with Crippen molar-refractivity contribution in [1.29, 1.82) is 0 Å². The summed E-state index contributed by atoms with van der Waals surface area (Å²) in [4.78, 5) is 35.2. The van der Waals surface area contributed by atoms with Crippen LogP contribution in [0.25, 0.3) is 0 Å². The van der Waals surface area contributed by atoms with Crippen LogP contribution in [0.3, 0.4) is 0 Å². The molecule has 5 heteroatoms. The summed E-state index contributed by atoms with van der Waals surface area (Å²) in [7, 11) is 0. The summed E-state index contributed by atoms with van der Waals surface area (Å²) in [6.45, 7) is -0.438. The van der Waals surface area contributed by atoms with Gasteiger partial charge in [0.15, 0.2) is 18.2 Å². The van der Waals surface area contributed by atoms with Gasteiger partial charge in [0.05, 0.1) is 0 Å². The second-order valence-electron chi connectivity index (χ2n) is 4.96. The summed E-state index contributed by atoms with van der Waals surface area (Å²) in [6, 6.07) is 13.1. The number of fused-ring (bicyclic) bond motifs is 1. The number of hydrogen-bond acceptors (Lipinski definition) is 4. The fraction of sp³-hybridized carbons (Fsp3) is 0.118. The predicted octanol–water partition coefficient (Wildman–Crippen LogP) is 2.31. The quantitative estimate of drug-likeness (QED) is 0.876. The van der Waals surface area contributed by atoms with Gasteiger partial charge in [-0.1, -0.05) is 36.4 Å². The first kappa shape index (κ1) is 14.0. The van der Waals surface area contributed by atoms with E-state index >= 15 is 0 Å². The van der Waals surface area contributed by atoms with E-state index in [9.17, 15) is 14.4 Å². The highest BCUT2D eigenvalue weighted by Gasteiger charge is 2.39. The predicted molar refractivity (Wildman–Crippen MR) is 77.4 cm³/mol. The summed E-state index contributed by atoms with van der Waals surface area (Å²) in [5.41, 5.74) is 1.47. The molecule has 22 heavy (non-hydrogen) atoms. The third-order valence-electron chi connectivity index (χ3n) is 3.56. The van der Waals surface area contributed by atoms with Gasteiger partial charge >= 0.3 is 5.97 Å². The number of carboxylic acids is 1. The Bertz CT molecular complexity index is 726. The molecule has 0 saturated carbocycles. The average molecular weight is 296 g/mol. The normalized spacial score (nSPS) is 14.0. The van der Waals surface area contributed by atoms with Gasteiger partial charge in [-0.15, -0.1) is 0 Å². The molecule has 0 fully saturated rings. The van der Waals surface area contributed by atoms with Crippen LogP contribution in [0.4, 0.5) is 0 Å². The molecule has 0 radical (unpaired) electrons. The Labute approximate surface area is 126 Å². The summed E-state index contributed by atoms with van der Waals surface area (Å²) in [6.07, 6.45) is 0. The van der Waals surface area contributed by atoms with Crippen molar-refractivity contribution in [3.8, 4) is 5.75 Å². The molecule has 5 nitrogen and oxygen atoms in total. The minimum atomic E-state index is -1.07. The van der Waals surface area contributed by atoms with Crippen molar-refractivity contribution in [2.45, 2.75) is 5.92 Å². The average Bonchev–Trinajstić information content (AvgIpc) is 2.78. The number of rotatable bonds is 4. The van der Waals surface area contributed by atoms with Crippen molar-refractivity contribution in [1.82, 2.24) is 0 Å². The zero-order valence-electron chi connectivity index (χ0n) is 11.5. The first-order valence-electron chi connectivity index (χ1n) is 6.70. The Balaban J connectivity index is 1.85. The first-order chi connectivity index (χ1) is 10.6. The summed E-state index contributed by atoms with van der Waals surface area (Å²) >= 11 is 0. The first-order valence-corrected chi connectivity index (χ1v) is 6.70. The van der Waals surface area contributed by atoms with Gasteiger partial charge in [0, 0.05) is 11.1 Å². The number of Topliss-reactive ketones (excluding diaryl/α,β-unsaturated/α-hetero) is 2. The molecule has 0 bridgehead atoms. The molecule has 0 amide bonds. The molecule has 0 saturated heterocycles. The third-order valence-corrected chi connectivity index (χ3v) is 3.56. The lowest BCUT2D eigenvalue weighted by Gasteiger charge is -2.09. The van der Waals surface area contributed by atoms with E-state index < -0.39 is 18.5 Å². The van der Waals surface area contributed by atoms with Crippen molar-refractivity contribution in [2.75, 3.05) is 6.61 Å². The monoisotopic (exact) mass is 296 g/mol. The van der Waals surface area contributed by atoms with Crippen molar-refractivity contribution < 1.29 is 24.2 Å². The highest BCUT2D eigenvalue weighted by Crippen LogP contribution is 2.34. The topological polar surface area (TPSA) is 80.7 Å². The third kappa shape index (κ3) is 2.37. The molecular weight excluding hydrogens is 284 g/mol. The molecule has 0 aromatic heterocycles. The van der Waals surface area contributed by atoms with Crippen molar-refractivity contribution in [3.05, 3.63) is 65.2 Å². The molecule has 1 aliphatic rings. The minimum absolute atomic E-state index is 0.209. The molecule has 2 aromatic rings. The van der Waals surface area contributed by atoms with Crippen LogP contribution in [0.15, 0.2) is 48.5 Å². The molecule has 1 N–H and O–H groups in total. The second kappa shape index (κ2) is 5.44. The van der Waals surface area contributed by atoms with E-state index in [0.717, 1.165) is 0 Å². The lowest BCUT2D eigenvalue weighted by atomic mass is 9.94. The van der Waals surface area contributed by atoms with Gasteiger partial charge in [-0.3, -0.25) is 9.59 Å². The summed E-state index contributed by atoms with van der Waals surface area (Å²) in [5.74, 6) is -1.94. The maximum absolute atomic E-state index is 12.4. The summed E-state index contributed by atoms with van der Waals surface area (Å²) in [5, 5.41) is 8.56. The molecular formula is C17H12O5. The molecule has 0 aliphatic heterocycles. The van der Waals surface area contributed by atoms with Crippen molar-refractivity contribution in [2.24, 2.45) is 0 Å². The number of carboxylic acid groups (broad SMARTS) is 1. The number of hydrogen-bond donors (Lipinski definition) is 1. The molecule has 1 aliphatic carbocycles. The van der Waals surface area contributed by atoms with E-state index in [1.54, 1.807) is 48.5 Å². The Morgan fingerprint density at radius 2 is 1.50 bits per heavy atom. The standard InChI is InChI=1S/C17H12O5/c18-14(19)9-22-11-7-5-10(6-8-11)15-16(20)12-3-1-2-4-13(12)17(15)21/h1-8,15H,9H2,(H,18,19). The van der Waals surface area contributed by atoms with Gasteiger partial charge < -0.3 is 9.84 Å². The summed E-state index contributed by atoms with van der Waals surface area (Å²) < 4.78 is 5.03. The highest BCUT2D eigenvalue weighted by molar-refractivity contribution is 6.29. The largest absolute Gasteiger partial charge is 0.482 e. The molecule has 0 unspecified atom stereocenters. The Morgan fingerprint density at radius 3 is 2.00 bits per heavy atom. The van der Waals surface area contributed by atoms with E-state index in [-0.39, 0.29) is 11.6 Å². The number of ketones is 2. The Hall–Kier alpha value is -2.95. The van der Waals surface area contributed by atoms with Gasteiger partial charge in [-0.05, 0) is 17.7 Å². The van der Waals surface area contributed by atoms with E-state index in [0.29, 0.717) is 22.4 Å². The van der Waals surface area contributed by atoms with Crippen molar-refractivity contribution >= 4 is 17.5 Å². The van der Waals surface area contributed by atoms with Crippen LogP contribution in [-0.2, 0) is 4.79 Å². The molecule has 2 aromatic carbocycles. The Kier molecular flexibility index (Phi) is 3.47. The second-order valence-corrected chi connectivity index (χ2v) is 4.96. The molecule has 0 heterocycles. The molecule has 0 atom stereocenters. The highest BCUT2D eigenvalue weighted by atomic mass is 16.5. The molecule has 3 rings (SSSR count). The van der Waals surface area contributed by atoms with Crippen LogP contribution in [0.5, 0.6) is 5.75 Å². The van der Waals surface area contributed by atoms with Crippen molar-refractivity contribution in [3.63, 3.8) is 0 Å². The van der Waals surface area contributed by atoms with E-state index in [1.807, 2.05) is 0 Å². The van der Waals surface area contributed by atoms with E-state index in [1.165, 1.54) is 0 Å². The maximum Gasteiger partial charge on any atom is 0.341 e. The van der Waals surface area contributed by atoms with Crippen LogP contribution >= 0.6 is 0 Å². The SMILES string of the molecule is O=C(O)COc1ccc(C2C(=O)c3ccccc3C2=O)cc1. The lowest BCUT2D eigenvalue weighted by molar-refractivity contribution is -0.139. The fourth-order valence-electron chi connectivity index (χ4n) is 2.55. The number of ether oxygens (including phenoxy) is 1. The lowest BCUT2D eigenvalue weighted by Crippen LogP contribution is -2.13. The zero-order chi connectivity index (χ0) is 15.7. The van der Waals surface area contributed by atoms with Gasteiger partial charge in [0.2, 0.25) is 0 Å². The number of carbonyl (C=O) groups excluding carboxylic acids is 2. The maximum atomic E-state index is 12.4. The fourth-order valence-corrected chi connectivity index (χ4v) is 2.55. The van der Waals surface area contributed by atoms with Gasteiger partial charge in [-0.2, -0.15) is 0 Å². The van der Waals surface area contributed by atoms with Crippen LogP contribution < -0.4 is 4.74 Å². The van der Waals surface area contributed by atoms with E-state index in [2.05, 4.69) is 0 Å². The number of carbonyl (C=O) groups is 3. The van der Waals surface area contributed by atoms with Crippen LogP contribution in [-0.4, -0.2) is 29.2 Å².